The lowest BCUT2D eigenvalue weighted by molar-refractivity contribution is 0.207. The summed E-state index contributed by atoms with van der Waals surface area (Å²) in [6, 6.07) is 5.72. The third-order valence-corrected chi connectivity index (χ3v) is 9.51. The summed E-state index contributed by atoms with van der Waals surface area (Å²) in [5.41, 5.74) is 0. The minimum Gasteiger partial charge on any atom is -0.268 e. The van der Waals surface area contributed by atoms with E-state index >= 15 is 0 Å². The van der Waals surface area contributed by atoms with Gasteiger partial charge in [-0.25, -0.2) is 0 Å². The van der Waals surface area contributed by atoms with Crippen molar-refractivity contribution < 1.29 is 12.6 Å². The Morgan fingerprint density at radius 1 is 0.920 bits per heavy atom. The minimum absolute atomic E-state index is 0.0107. The molecule has 4 rings (SSSR count). The maximum Gasteiger partial charge on any atom is 0.304 e. The predicted molar refractivity (Wildman–Crippen MR) is 102 cm³/mol. The van der Waals surface area contributed by atoms with Gasteiger partial charge in [0.2, 0.25) is 0 Å². The molecule has 0 amide bonds. The van der Waals surface area contributed by atoms with E-state index in [2.05, 4.69) is 4.98 Å². The van der Waals surface area contributed by atoms with Crippen molar-refractivity contribution in [2.45, 2.75) is 14.1 Å². The van der Waals surface area contributed by atoms with Gasteiger partial charge in [0.1, 0.15) is 9.75 Å². The van der Waals surface area contributed by atoms with Gasteiger partial charge in [-0.15, -0.1) is 23.2 Å². The summed E-state index contributed by atoms with van der Waals surface area (Å²) in [6.45, 7) is 0.0215. The highest BCUT2D eigenvalue weighted by molar-refractivity contribution is 7.75. The van der Waals surface area contributed by atoms with E-state index in [4.69, 9.17) is 78.0 Å². The molecular formula is C14H11Cl6NO3S. The van der Waals surface area contributed by atoms with Gasteiger partial charge in [-0.3, -0.25) is 13.4 Å². The number of alkyl halides is 4. The second-order valence-corrected chi connectivity index (χ2v) is 9.79. The summed E-state index contributed by atoms with van der Waals surface area (Å²) in [6.07, 6.45) is 3.50. The summed E-state index contributed by atoms with van der Waals surface area (Å²) in [4.78, 5) is 1.01. The molecule has 0 aromatic carbocycles. The maximum absolute atomic E-state index is 11.3. The van der Waals surface area contributed by atoms with Crippen LogP contribution in [0.2, 0.25) is 0 Å². The van der Waals surface area contributed by atoms with Gasteiger partial charge >= 0.3 is 11.4 Å². The number of hydrogen-bond acceptors (Lipinski definition) is 4. The van der Waals surface area contributed by atoms with Crippen LogP contribution < -0.4 is 0 Å². The summed E-state index contributed by atoms with van der Waals surface area (Å²) in [5.74, 6) is -0.911. The van der Waals surface area contributed by atoms with E-state index in [0.29, 0.717) is 0 Å². The molecule has 4 atom stereocenters. The number of hydrogen-bond donors (Lipinski definition) is 0. The molecule has 1 aromatic rings. The van der Waals surface area contributed by atoms with Crippen LogP contribution in [0.4, 0.5) is 0 Å². The third-order valence-electron chi connectivity index (χ3n) is 4.51. The Bertz CT molecular complexity index is 653. The molecule has 1 saturated heterocycles. The number of aromatic nitrogens is 1. The average molecular weight is 486 g/mol. The van der Waals surface area contributed by atoms with Crippen LogP contribution in [-0.4, -0.2) is 36.5 Å². The summed E-state index contributed by atoms with van der Waals surface area (Å²) >= 11 is 36.4. The Morgan fingerprint density at radius 3 is 1.68 bits per heavy atom. The van der Waals surface area contributed by atoms with Crippen molar-refractivity contribution in [1.82, 2.24) is 4.98 Å². The Hall–Kier alpha value is 0.700. The van der Waals surface area contributed by atoms with E-state index in [1.165, 1.54) is 0 Å². The minimum atomic E-state index is -1.86. The lowest BCUT2D eigenvalue weighted by atomic mass is 9.83. The van der Waals surface area contributed by atoms with E-state index in [1.54, 1.807) is 12.4 Å². The molecule has 4 unspecified atom stereocenters. The quantitative estimate of drug-likeness (QED) is 0.496. The van der Waals surface area contributed by atoms with Gasteiger partial charge in [-0.2, -0.15) is 4.21 Å². The van der Waals surface area contributed by atoms with Crippen molar-refractivity contribution in [3.8, 4) is 0 Å². The largest absolute Gasteiger partial charge is 0.304 e. The van der Waals surface area contributed by atoms with Crippen LogP contribution in [0.25, 0.3) is 0 Å². The van der Waals surface area contributed by atoms with Gasteiger partial charge in [-0.1, -0.05) is 52.5 Å². The molecule has 2 heterocycles. The number of allylic oxidation sites excluding steroid dienone is 2. The fourth-order valence-electron chi connectivity index (χ4n) is 3.27. The molecule has 138 valence electrons. The second kappa shape index (κ2) is 7.26. The van der Waals surface area contributed by atoms with E-state index in [0.717, 1.165) is 0 Å². The first-order valence-corrected chi connectivity index (χ1v) is 10.3. The number of nitrogens with zero attached hydrogens (tertiary/aromatic N) is 1. The molecule has 0 N–H and O–H groups in total. The zero-order chi connectivity index (χ0) is 18.5. The zero-order valence-corrected chi connectivity index (χ0v) is 17.7. The van der Waals surface area contributed by atoms with Crippen molar-refractivity contribution in [2.24, 2.45) is 11.8 Å². The van der Waals surface area contributed by atoms with E-state index in [1.807, 2.05) is 18.2 Å². The topological polar surface area (TPSA) is 48.4 Å². The van der Waals surface area contributed by atoms with Crippen LogP contribution in [0.3, 0.4) is 0 Å². The molecule has 0 spiro atoms. The number of fused-ring (bicyclic) bond motifs is 5. The number of halogens is 6. The van der Waals surface area contributed by atoms with Crippen molar-refractivity contribution in [3.63, 3.8) is 0 Å². The summed E-state index contributed by atoms with van der Waals surface area (Å²) in [5, 5.41) is 0.210. The molecule has 4 nitrogen and oxygen atoms in total. The molecule has 1 saturated carbocycles. The Labute approximate surface area is 177 Å². The van der Waals surface area contributed by atoms with Gasteiger partial charge in [0, 0.05) is 24.2 Å². The van der Waals surface area contributed by atoms with Crippen molar-refractivity contribution in [2.75, 3.05) is 13.2 Å². The molecule has 3 aliphatic rings. The molecule has 0 radical (unpaired) electrons. The standard InChI is InChI=1S/C9H6Cl6O3S.C5H5N/c10-5-6(11)8(13)4-2-18-19(16)17-1-3(4)7(5,12)9(8,14)15;1-2-4-6-5-3-1/h3-4H,1-2H2;1-5H. The van der Waals surface area contributed by atoms with Gasteiger partial charge in [-0.05, 0) is 12.1 Å². The molecule has 2 bridgehead atoms. The maximum atomic E-state index is 11.3. The molecule has 1 aliphatic heterocycles. The SMILES string of the molecule is O=S1OCC2C(CO1)C1(Cl)C(Cl)=C(Cl)C2(Cl)C1(Cl)Cl.c1ccncc1. The highest BCUT2D eigenvalue weighted by Crippen LogP contribution is 2.76. The van der Waals surface area contributed by atoms with Crippen LogP contribution in [0, 0.1) is 11.8 Å². The first kappa shape index (κ1) is 20.4. The van der Waals surface area contributed by atoms with Gasteiger partial charge in [0.05, 0.1) is 23.3 Å². The zero-order valence-electron chi connectivity index (χ0n) is 12.3. The lowest BCUT2D eigenvalue weighted by Crippen LogP contribution is -2.45. The molecule has 1 aromatic heterocycles. The first-order valence-electron chi connectivity index (χ1n) is 7.04. The van der Waals surface area contributed by atoms with Crippen LogP contribution in [0.1, 0.15) is 0 Å². The second-order valence-electron chi connectivity index (χ2n) is 5.64. The summed E-state index contributed by atoms with van der Waals surface area (Å²) < 4.78 is 19.7. The summed E-state index contributed by atoms with van der Waals surface area (Å²) in [7, 11) is 0. The predicted octanol–water partition coefficient (Wildman–Crippen LogP) is 4.77. The molecule has 2 aliphatic carbocycles. The molecule has 2 fully saturated rings. The number of rotatable bonds is 0. The van der Waals surface area contributed by atoms with Gasteiger partial charge in [0.15, 0.2) is 4.33 Å². The van der Waals surface area contributed by atoms with Crippen molar-refractivity contribution in [3.05, 3.63) is 40.7 Å². The van der Waals surface area contributed by atoms with Crippen LogP contribution in [-0.2, 0) is 19.7 Å². The van der Waals surface area contributed by atoms with E-state index in [9.17, 15) is 4.21 Å². The average Bonchev–Trinajstić information content (AvgIpc) is 2.78. The Balaban J connectivity index is 0.000000258. The first-order chi connectivity index (χ1) is 11.7. The van der Waals surface area contributed by atoms with Crippen LogP contribution in [0.5, 0.6) is 0 Å². The number of pyridine rings is 1. The normalized spacial score (nSPS) is 41.6. The molecule has 25 heavy (non-hydrogen) atoms. The highest BCUT2D eigenvalue weighted by Gasteiger charge is 2.82. The lowest BCUT2D eigenvalue weighted by Gasteiger charge is -2.33. The Morgan fingerprint density at radius 2 is 1.36 bits per heavy atom. The van der Waals surface area contributed by atoms with Gasteiger partial charge < -0.3 is 0 Å². The van der Waals surface area contributed by atoms with E-state index < -0.39 is 37.3 Å². The van der Waals surface area contributed by atoms with Crippen molar-refractivity contribution >= 4 is 81.0 Å². The molecular weight excluding hydrogens is 475 g/mol. The molecule has 11 heteroatoms. The van der Waals surface area contributed by atoms with Crippen LogP contribution in [0.15, 0.2) is 40.7 Å². The fourth-order valence-corrected chi connectivity index (χ4v) is 6.91. The highest BCUT2D eigenvalue weighted by atomic mass is 35.5. The van der Waals surface area contributed by atoms with E-state index in [-0.39, 0.29) is 23.3 Å². The van der Waals surface area contributed by atoms with Gasteiger partial charge in [0.25, 0.3) is 0 Å². The van der Waals surface area contributed by atoms with Crippen molar-refractivity contribution in [1.29, 1.82) is 0 Å². The van der Waals surface area contributed by atoms with Crippen LogP contribution >= 0.6 is 69.6 Å². The monoisotopic (exact) mass is 483 g/mol. The fraction of sp³-hybridized carbons (Fsp3) is 0.500. The smallest absolute Gasteiger partial charge is 0.268 e. The third kappa shape index (κ3) is 2.86. The Kier molecular flexibility index (Phi) is 5.94.